The minimum absolute atomic E-state index is 0.0132. The summed E-state index contributed by atoms with van der Waals surface area (Å²) >= 11 is 5.86. The second-order valence-electron chi connectivity index (χ2n) is 3.34. The molecule has 1 aromatic carbocycles. The Kier molecular flexibility index (Phi) is 3.54. The van der Waals surface area contributed by atoms with Crippen molar-refractivity contribution in [3.63, 3.8) is 0 Å². The van der Waals surface area contributed by atoms with Crippen LogP contribution in [-0.4, -0.2) is 15.1 Å². The first kappa shape index (κ1) is 12.7. The lowest BCUT2D eigenvalue weighted by molar-refractivity contribution is -0.384. The number of nitriles is 1. The first-order chi connectivity index (χ1) is 9.11. The molecule has 0 amide bonds. The minimum atomic E-state index is -0.571. The second kappa shape index (κ2) is 5.29. The number of benzene rings is 1. The van der Waals surface area contributed by atoms with Gasteiger partial charge in [0.25, 0.3) is 11.6 Å². The van der Waals surface area contributed by atoms with Gasteiger partial charge in [-0.1, -0.05) is 11.6 Å². The number of halogens is 1. The van der Waals surface area contributed by atoms with E-state index in [9.17, 15) is 10.1 Å². The molecule has 2 rings (SSSR count). The number of hydrogen-bond acceptors (Lipinski definition) is 6. The molecule has 0 unspecified atom stereocenters. The van der Waals surface area contributed by atoms with E-state index < -0.39 is 4.92 Å². The highest BCUT2D eigenvalue weighted by Gasteiger charge is 2.13. The summed E-state index contributed by atoms with van der Waals surface area (Å²) in [5.74, 6) is 0.144. The number of ether oxygens (including phenoxy) is 1. The third kappa shape index (κ3) is 2.75. The number of nitrogens with zero attached hydrogens (tertiary/aromatic N) is 4. The van der Waals surface area contributed by atoms with Crippen molar-refractivity contribution < 1.29 is 9.66 Å². The van der Waals surface area contributed by atoms with Crippen LogP contribution >= 0.6 is 11.6 Å². The zero-order chi connectivity index (χ0) is 13.8. The summed E-state index contributed by atoms with van der Waals surface area (Å²) in [5.41, 5.74) is 0.0291. The molecule has 0 aliphatic rings. The van der Waals surface area contributed by atoms with Crippen molar-refractivity contribution >= 4 is 17.3 Å². The average Bonchev–Trinajstić information content (AvgIpc) is 2.41. The van der Waals surface area contributed by atoms with Crippen LogP contribution < -0.4 is 4.74 Å². The predicted molar refractivity (Wildman–Crippen MR) is 64.9 cm³/mol. The van der Waals surface area contributed by atoms with E-state index >= 15 is 0 Å². The standard InChI is InChI=1S/C11H5ClN4O3/c12-9-5-8(16(17)18)1-2-10(9)19-11-7(6-13)3-4-14-15-11/h1-5H. The Morgan fingerprint density at radius 3 is 2.84 bits per heavy atom. The van der Waals surface area contributed by atoms with E-state index in [-0.39, 0.29) is 27.9 Å². The first-order valence-electron chi connectivity index (χ1n) is 4.95. The Morgan fingerprint density at radius 1 is 1.42 bits per heavy atom. The van der Waals surface area contributed by atoms with Crippen LogP contribution in [0.25, 0.3) is 0 Å². The molecule has 0 atom stereocenters. The van der Waals surface area contributed by atoms with Crippen molar-refractivity contribution in [2.75, 3.05) is 0 Å². The fourth-order valence-electron chi connectivity index (χ4n) is 1.27. The van der Waals surface area contributed by atoms with Gasteiger partial charge >= 0.3 is 0 Å². The van der Waals surface area contributed by atoms with Crippen LogP contribution in [0.2, 0.25) is 5.02 Å². The van der Waals surface area contributed by atoms with Crippen LogP contribution in [-0.2, 0) is 0 Å². The number of aromatic nitrogens is 2. The second-order valence-corrected chi connectivity index (χ2v) is 3.74. The third-order valence-electron chi connectivity index (χ3n) is 2.14. The zero-order valence-electron chi connectivity index (χ0n) is 9.28. The molecule has 0 spiro atoms. The molecule has 0 saturated carbocycles. The van der Waals surface area contributed by atoms with Gasteiger partial charge in [0, 0.05) is 12.1 Å². The van der Waals surface area contributed by atoms with Gasteiger partial charge < -0.3 is 4.74 Å². The lowest BCUT2D eigenvalue weighted by Gasteiger charge is -2.06. The maximum atomic E-state index is 10.6. The number of hydrogen-bond donors (Lipinski definition) is 0. The fraction of sp³-hybridized carbons (Fsp3) is 0. The van der Waals surface area contributed by atoms with Gasteiger partial charge in [0.1, 0.15) is 17.4 Å². The van der Waals surface area contributed by atoms with Crippen molar-refractivity contribution in [1.82, 2.24) is 10.2 Å². The molecule has 0 aliphatic carbocycles. The quantitative estimate of drug-likeness (QED) is 0.631. The lowest BCUT2D eigenvalue weighted by atomic mass is 10.3. The predicted octanol–water partition coefficient (Wildman–Crippen LogP) is 2.70. The van der Waals surface area contributed by atoms with Crippen LogP contribution in [0.15, 0.2) is 30.5 Å². The maximum Gasteiger partial charge on any atom is 0.271 e. The summed E-state index contributed by atoms with van der Waals surface area (Å²) in [5, 5.41) is 26.7. The largest absolute Gasteiger partial charge is 0.435 e. The van der Waals surface area contributed by atoms with Gasteiger partial charge in [-0.15, -0.1) is 5.10 Å². The normalized spacial score (nSPS) is 9.68. The first-order valence-corrected chi connectivity index (χ1v) is 5.33. The molecule has 1 aromatic heterocycles. The van der Waals surface area contributed by atoms with Gasteiger partial charge in [-0.2, -0.15) is 10.4 Å². The van der Waals surface area contributed by atoms with E-state index in [1.807, 2.05) is 6.07 Å². The van der Waals surface area contributed by atoms with Crippen LogP contribution in [0.5, 0.6) is 11.6 Å². The summed E-state index contributed by atoms with van der Waals surface area (Å²) in [6.45, 7) is 0. The van der Waals surface area contributed by atoms with Crippen molar-refractivity contribution in [2.24, 2.45) is 0 Å². The Labute approximate surface area is 112 Å². The molecule has 0 aliphatic heterocycles. The number of non-ortho nitro benzene ring substituents is 1. The summed E-state index contributed by atoms with van der Waals surface area (Å²) in [6, 6.07) is 7.04. The van der Waals surface area contributed by atoms with Gasteiger partial charge in [0.2, 0.25) is 0 Å². The third-order valence-corrected chi connectivity index (χ3v) is 2.44. The van der Waals surface area contributed by atoms with Crippen molar-refractivity contribution in [3.8, 4) is 17.7 Å². The van der Waals surface area contributed by atoms with E-state index in [2.05, 4.69) is 10.2 Å². The molecule has 0 radical (unpaired) electrons. The molecular formula is C11H5ClN4O3. The summed E-state index contributed by atoms with van der Waals surface area (Å²) < 4.78 is 5.32. The Balaban J connectivity index is 2.34. The highest BCUT2D eigenvalue weighted by molar-refractivity contribution is 6.32. The Hall–Kier alpha value is -2.72. The average molecular weight is 277 g/mol. The molecule has 1 heterocycles. The number of nitro benzene ring substituents is 1. The lowest BCUT2D eigenvalue weighted by Crippen LogP contribution is -1.95. The summed E-state index contributed by atoms with van der Waals surface area (Å²) in [7, 11) is 0. The molecule has 94 valence electrons. The van der Waals surface area contributed by atoms with Crippen LogP contribution in [0.1, 0.15) is 5.56 Å². The molecular weight excluding hydrogens is 272 g/mol. The van der Waals surface area contributed by atoms with E-state index in [0.29, 0.717) is 0 Å². The minimum Gasteiger partial charge on any atom is -0.435 e. The molecule has 0 fully saturated rings. The van der Waals surface area contributed by atoms with Crippen molar-refractivity contribution in [1.29, 1.82) is 5.26 Å². The molecule has 2 aromatic rings. The van der Waals surface area contributed by atoms with E-state index in [0.717, 1.165) is 6.07 Å². The molecule has 0 N–H and O–H groups in total. The SMILES string of the molecule is N#Cc1ccnnc1Oc1ccc([N+](=O)[O-])cc1Cl. The van der Waals surface area contributed by atoms with Gasteiger partial charge in [-0.25, -0.2) is 0 Å². The van der Waals surface area contributed by atoms with Crippen LogP contribution in [0, 0.1) is 21.4 Å². The highest BCUT2D eigenvalue weighted by atomic mass is 35.5. The van der Waals surface area contributed by atoms with E-state index in [1.54, 1.807) is 0 Å². The molecule has 0 saturated heterocycles. The zero-order valence-corrected chi connectivity index (χ0v) is 10.0. The monoisotopic (exact) mass is 276 g/mol. The van der Waals surface area contributed by atoms with Gasteiger partial charge in [-0.05, 0) is 12.1 Å². The van der Waals surface area contributed by atoms with E-state index in [4.69, 9.17) is 21.6 Å². The van der Waals surface area contributed by atoms with Gasteiger partial charge in [0.05, 0.1) is 16.1 Å². The van der Waals surface area contributed by atoms with Gasteiger partial charge in [0.15, 0.2) is 0 Å². The highest BCUT2D eigenvalue weighted by Crippen LogP contribution is 2.32. The molecule has 0 bridgehead atoms. The van der Waals surface area contributed by atoms with Crippen LogP contribution in [0.3, 0.4) is 0 Å². The fourth-order valence-corrected chi connectivity index (χ4v) is 1.48. The topological polar surface area (TPSA) is 102 Å². The Morgan fingerprint density at radius 2 is 2.21 bits per heavy atom. The number of rotatable bonds is 3. The summed E-state index contributed by atoms with van der Waals surface area (Å²) in [4.78, 5) is 9.99. The number of nitro groups is 1. The maximum absolute atomic E-state index is 10.6. The summed E-state index contributed by atoms with van der Waals surface area (Å²) in [6.07, 6.45) is 1.35. The molecule has 8 heteroatoms. The van der Waals surface area contributed by atoms with Crippen molar-refractivity contribution in [3.05, 3.63) is 51.2 Å². The van der Waals surface area contributed by atoms with E-state index in [1.165, 1.54) is 24.4 Å². The van der Waals surface area contributed by atoms with Crippen molar-refractivity contribution in [2.45, 2.75) is 0 Å². The van der Waals surface area contributed by atoms with Crippen LogP contribution in [0.4, 0.5) is 5.69 Å². The van der Waals surface area contributed by atoms with Gasteiger partial charge in [-0.3, -0.25) is 10.1 Å². The Bertz CT molecular complexity index is 684. The molecule has 19 heavy (non-hydrogen) atoms. The molecule has 7 nitrogen and oxygen atoms in total. The smallest absolute Gasteiger partial charge is 0.271 e.